The largest absolute Gasteiger partial charge is 0.496 e. The topological polar surface area (TPSA) is 46.5 Å². The molecule has 3 nitrogen and oxygen atoms in total. The van der Waals surface area contributed by atoms with Crippen LogP contribution < -0.4 is 4.74 Å². The van der Waals surface area contributed by atoms with Crippen LogP contribution in [0.15, 0.2) is 18.2 Å². The fourth-order valence-electron chi connectivity index (χ4n) is 1.50. The van der Waals surface area contributed by atoms with Crippen LogP contribution in [0.1, 0.15) is 24.8 Å². The second kappa shape index (κ2) is 4.77. The Labute approximate surface area is 87.5 Å². The number of carbonyl (C=O) groups is 1. The molecular weight excluding hydrogens is 199 g/mol. The number of carboxylic acids is 1. The van der Waals surface area contributed by atoms with Crippen molar-refractivity contribution in [3.05, 3.63) is 29.6 Å². The summed E-state index contributed by atoms with van der Waals surface area (Å²) in [5.41, 5.74) is 0.508. The molecule has 15 heavy (non-hydrogen) atoms. The van der Waals surface area contributed by atoms with Gasteiger partial charge in [0.25, 0.3) is 0 Å². The van der Waals surface area contributed by atoms with E-state index in [4.69, 9.17) is 9.84 Å². The molecule has 0 saturated carbocycles. The van der Waals surface area contributed by atoms with Crippen LogP contribution in [0.25, 0.3) is 0 Å². The van der Waals surface area contributed by atoms with Crippen molar-refractivity contribution in [2.75, 3.05) is 7.11 Å². The van der Waals surface area contributed by atoms with Gasteiger partial charge in [0.05, 0.1) is 13.0 Å². The minimum Gasteiger partial charge on any atom is -0.496 e. The van der Waals surface area contributed by atoms with Crippen LogP contribution in [0.5, 0.6) is 5.75 Å². The Kier molecular flexibility index (Phi) is 3.66. The van der Waals surface area contributed by atoms with Gasteiger partial charge in [0.1, 0.15) is 11.6 Å². The molecule has 0 saturated heterocycles. The first-order chi connectivity index (χ1) is 7.10. The van der Waals surface area contributed by atoms with Crippen LogP contribution in [0.2, 0.25) is 0 Å². The van der Waals surface area contributed by atoms with E-state index in [9.17, 15) is 9.18 Å². The van der Waals surface area contributed by atoms with Gasteiger partial charge in [0, 0.05) is 11.6 Å². The minimum atomic E-state index is -0.928. The SMILES string of the molecule is CCC(C(=O)O)c1ccc(F)cc1OC. The third-order valence-corrected chi connectivity index (χ3v) is 2.28. The van der Waals surface area contributed by atoms with Crippen molar-refractivity contribution in [3.63, 3.8) is 0 Å². The van der Waals surface area contributed by atoms with E-state index < -0.39 is 17.7 Å². The summed E-state index contributed by atoms with van der Waals surface area (Å²) in [7, 11) is 1.40. The van der Waals surface area contributed by atoms with Crippen molar-refractivity contribution in [1.82, 2.24) is 0 Å². The first-order valence-corrected chi connectivity index (χ1v) is 4.66. The molecule has 0 aromatic heterocycles. The van der Waals surface area contributed by atoms with Crippen molar-refractivity contribution in [2.24, 2.45) is 0 Å². The molecule has 0 aliphatic carbocycles. The zero-order valence-corrected chi connectivity index (χ0v) is 8.66. The minimum absolute atomic E-state index is 0.282. The number of rotatable bonds is 4. The number of ether oxygens (including phenoxy) is 1. The molecule has 1 aromatic carbocycles. The highest BCUT2D eigenvalue weighted by atomic mass is 19.1. The molecule has 0 amide bonds. The van der Waals surface area contributed by atoms with Gasteiger partial charge < -0.3 is 9.84 Å². The highest BCUT2D eigenvalue weighted by Gasteiger charge is 2.21. The predicted octanol–water partition coefficient (Wildman–Crippen LogP) is 2.41. The Morgan fingerprint density at radius 1 is 1.60 bits per heavy atom. The molecule has 0 radical (unpaired) electrons. The fourth-order valence-corrected chi connectivity index (χ4v) is 1.50. The van der Waals surface area contributed by atoms with Crippen molar-refractivity contribution in [1.29, 1.82) is 0 Å². The summed E-state index contributed by atoms with van der Waals surface area (Å²) < 4.78 is 17.8. The first kappa shape index (κ1) is 11.5. The van der Waals surface area contributed by atoms with E-state index in [-0.39, 0.29) is 5.75 Å². The summed E-state index contributed by atoms with van der Waals surface area (Å²) in [5.74, 6) is -1.73. The normalized spacial score (nSPS) is 12.2. The number of aliphatic carboxylic acids is 1. The van der Waals surface area contributed by atoms with Gasteiger partial charge in [-0.05, 0) is 12.5 Å². The highest BCUT2D eigenvalue weighted by Crippen LogP contribution is 2.29. The maximum atomic E-state index is 12.9. The van der Waals surface area contributed by atoms with Gasteiger partial charge in [-0.3, -0.25) is 4.79 Å². The van der Waals surface area contributed by atoms with E-state index in [1.165, 1.54) is 25.3 Å². The van der Waals surface area contributed by atoms with Gasteiger partial charge in [0.2, 0.25) is 0 Å². The van der Waals surface area contributed by atoms with Crippen LogP contribution in [-0.4, -0.2) is 18.2 Å². The van der Waals surface area contributed by atoms with Crippen LogP contribution >= 0.6 is 0 Å². The Morgan fingerprint density at radius 2 is 2.27 bits per heavy atom. The van der Waals surface area contributed by atoms with Gasteiger partial charge >= 0.3 is 5.97 Å². The average molecular weight is 212 g/mol. The third-order valence-electron chi connectivity index (χ3n) is 2.28. The van der Waals surface area contributed by atoms with Gasteiger partial charge in [0.15, 0.2) is 0 Å². The molecule has 1 aromatic rings. The maximum Gasteiger partial charge on any atom is 0.311 e. The third kappa shape index (κ3) is 2.46. The van der Waals surface area contributed by atoms with E-state index in [1.807, 2.05) is 0 Å². The summed E-state index contributed by atoms with van der Waals surface area (Å²) in [6, 6.07) is 3.89. The molecule has 1 atom stereocenters. The lowest BCUT2D eigenvalue weighted by molar-refractivity contribution is -0.138. The number of hydrogen-bond acceptors (Lipinski definition) is 2. The molecule has 1 unspecified atom stereocenters. The van der Waals surface area contributed by atoms with E-state index in [0.717, 1.165) is 0 Å². The molecule has 82 valence electrons. The lowest BCUT2D eigenvalue weighted by atomic mass is 9.96. The predicted molar refractivity (Wildman–Crippen MR) is 53.6 cm³/mol. The highest BCUT2D eigenvalue weighted by molar-refractivity contribution is 5.77. The summed E-state index contributed by atoms with van der Waals surface area (Å²) in [6.07, 6.45) is 0.442. The lowest BCUT2D eigenvalue weighted by Crippen LogP contribution is -2.11. The number of benzene rings is 1. The molecule has 0 heterocycles. The van der Waals surface area contributed by atoms with Crippen molar-refractivity contribution in [2.45, 2.75) is 19.3 Å². The molecule has 0 aliphatic heterocycles. The van der Waals surface area contributed by atoms with Crippen LogP contribution in [-0.2, 0) is 4.79 Å². The molecule has 0 bridgehead atoms. The molecule has 0 fully saturated rings. The zero-order chi connectivity index (χ0) is 11.4. The van der Waals surface area contributed by atoms with Gasteiger partial charge in [-0.15, -0.1) is 0 Å². The fraction of sp³-hybridized carbons (Fsp3) is 0.364. The van der Waals surface area contributed by atoms with Gasteiger partial charge in [-0.1, -0.05) is 13.0 Å². The van der Waals surface area contributed by atoms with Gasteiger partial charge in [-0.25, -0.2) is 4.39 Å². The molecule has 0 spiro atoms. The molecule has 0 aliphatic rings. The molecule has 1 N–H and O–H groups in total. The molecular formula is C11H13FO3. The van der Waals surface area contributed by atoms with Crippen molar-refractivity contribution < 1.29 is 19.0 Å². The summed E-state index contributed by atoms with van der Waals surface area (Å²) >= 11 is 0. The Bertz CT molecular complexity index is 363. The van der Waals surface area contributed by atoms with Crippen molar-refractivity contribution in [3.8, 4) is 5.75 Å². The van der Waals surface area contributed by atoms with E-state index >= 15 is 0 Å². The van der Waals surface area contributed by atoms with Crippen LogP contribution in [0.3, 0.4) is 0 Å². The number of hydrogen-bond donors (Lipinski definition) is 1. The Hall–Kier alpha value is -1.58. The lowest BCUT2D eigenvalue weighted by Gasteiger charge is -2.14. The second-order valence-corrected chi connectivity index (χ2v) is 3.19. The molecule has 4 heteroatoms. The zero-order valence-electron chi connectivity index (χ0n) is 8.66. The maximum absolute atomic E-state index is 12.9. The second-order valence-electron chi connectivity index (χ2n) is 3.19. The summed E-state index contributed by atoms with van der Waals surface area (Å²) in [5, 5.41) is 8.97. The van der Waals surface area contributed by atoms with Crippen LogP contribution in [0, 0.1) is 5.82 Å². The first-order valence-electron chi connectivity index (χ1n) is 4.66. The quantitative estimate of drug-likeness (QED) is 0.833. The average Bonchev–Trinajstić information content (AvgIpc) is 2.20. The van der Waals surface area contributed by atoms with Crippen LogP contribution in [0.4, 0.5) is 4.39 Å². The van der Waals surface area contributed by atoms with E-state index in [2.05, 4.69) is 0 Å². The smallest absolute Gasteiger partial charge is 0.311 e. The Balaban J connectivity index is 3.16. The number of halogens is 1. The monoisotopic (exact) mass is 212 g/mol. The Morgan fingerprint density at radius 3 is 2.73 bits per heavy atom. The number of carboxylic acid groups (broad SMARTS) is 1. The van der Waals surface area contributed by atoms with E-state index in [0.29, 0.717) is 12.0 Å². The summed E-state index contributed by atoms with van der Waals surface area (Å²) in [6.45, 7) is 1.77. The standard InChI is InChI=1S/C11H13FO3/c1-3-8(11(13)14)9-5-4-7(12)6-10(9)15-2/h4-6,8H,3H2,1-2H3,(H,13,14). The summed E-state index contributed by atoms with van der Waals surface area (Å²) in [4.78, 5) is 10.9. The molecule has 1 rings (SSSR count). The van der Waals surface area contributed by atoms with E-state index in [1.54, 1.807) is 6.92 Å². The van der Waals surface area contributed by atoms with Crippen molar-refractivity contribution >= 4 is 5.97 Å². The van der Waals surface area contributed by atoms with Gasteiger partial charge in [-0.2, -0.15) is 0 Å². The number of methoxy groups -OCH3 is 1.